The first-order valence-electron chi connectivity index (χ1n) is 7.12. The monoisotopic (exact) mass is 273 g/mol. The largest absolute Gasteiger partial charge is 0.264 e. The molecule has 0 unspecified atom stereocenters. The summed E-state index contributed by atoms with van der Waals surface area (Å²) in [5.41, 5.74) is 4.56. The SMILES string of the molecule is N#CCCC1(CCC#N)c2ccccc2-c2ccncc21. The number of benzene rings is 1. The Kier molecular flexibility index (Phi) is 3.42. The smallest absolute Gasteiger partial charge is 0.0622 e. The van der Waals surface area contributed by atoms with Crippen molar-refractivity contribution < 1.29 is 0 Å². The predicted octanol–water partition coefficient (Wildman–Crippen LogP) is 3.96. The topological polar surface area (TPSA) is 60.5 Å². The van der Waals surface area contributed by atoms with E-state index in [4.69, 9.17) is 10.5 Å². The van der Waals surface area contributed by atoms with Gasteiger partial charge in [0.25, 0.3) is 0 Å². The van der Waals surface area contributed by atoms with Gasteiger partial charge >= 0.3 is 0 Å². The minimum atomic E-state index is -0.244. The average molecular weight is 273 g/mol. The highest BCUT2D eigenvalue weighted by molar-refractivity contribution is 5.80. The van der Waals surface area contributed by atoms with Crippen LogP contribution in [0.3, 0.4) is 0 Å². The van der Waals surface area contributed by atoms with Crippen LogP contribution in [0.1, 0.15) is 36.8 Å². The van der Waals surface area contributed by atoms with Crippen LogP contribution in [0.4, 0.5) is 0 Å². The third-order valence-electron chi connectivity index (χ3n) is 4.40. The molecule has 1 heterocycles. The lowest BCUT2D eigenvalue weighted by Gasteiger charge is -2.30. The lowest BCUT2D eigenvalue weighted by molar-refractivity contribution is 0.456. The quantitative estimate of drug-likeness (QED) is 0.847. The van der Waals surface area contributed by atoms with E-state index in [1.165, 1.54) is 16.7 Å². The minimum Gasteiger partial charge on any atom is -0.264 e. The normalized spacial score (nSPS) is 13.8. The van der Waals surface area contributed by atoms with Gasteiger partial charge in [0.2, 0.25) is 0 Å². The number of hydrogen-bond acceptors (Lipinski definition) is 3. The fraction of sp³-hybridized carbons (Fsp3) is 0.278. The van der Waals surface area contributed by atoms with Gasteiger partial charge in [0.05, 0.1) is 12.1 Å². The van der Waals surface area contributed by atoms with E-state index >= 15 is 0 Å². The first-order chi connectivity index (χ1) is 10.3. The Morgan fingerprint density at radius 2 is 1.57 bits per heavy atom. The van der Waals surface area contributed by atoms with Crippen LogP contribution < -0.4 is 0 Å². The van der Waals surface area contributed by atoms with Gasteiger partial charge in [-0.25, -0.2) is 0 Å². The molecule has 0 saturated heterocycles. The van der Waals surface area contributed by atoms with E-state index in [0.29, 0.717) is 12.8 Å². The van der Waals surface area contributed by atoms with Gasteiger partial charge in [0, 0.05) is 30.7 Å². The first kappa shape index (κ1) is 13.3. The molecule has 0 atom stereocenters. The molecule has 0 N–H and O–H groups in total. The Bertz CT molecular complexity index is 684. The molecular formula is C18H15N3. The maximum absolute atomic E-state index is 9.03. The molecule has 102 valence electrons. The number of pyridine rings is 1. The molecule has 2 aromatic rings. The second-order valence-electron chi connectivity index (χ2n) is 5.37. The van der Waals surface area contributed by atoms with Crippen LogP contribution in [-0.4, -0.2) is 4.98 Å². The molecule has 0 bridgehead atoms. The highest BCUT2D eigenvalue weighted by Crippen LogP contribution is 2.53. The van der Waals surface area contributed by atoms with Crippen LogP contribution in [0.2, 0.25) is 0 Å². The van der Waals surface area contributed by atoms with Crippen LogP contribution in [0, 0.1) is 22.7 Å². The number of rotatable bonds is 4. The van der Waals surface area contributed by atoms with Crippen molar-refractivity contribution in [2.45, 2.75) is 31.1 Å². The summed E-state index contributed by atoms with van der Waals surface area (Å²) < 4.78 is 0. The molecule has 0 aliphatic heterocycles. The van der Waals surface area contributed by atoms with Gasteiger partial charge in [-0.1, -0.05) is 24.3 Å². The van der Waals surface area contributed by atoms with Gasteiger partial charge in [-0.15, -0.1) is 0 Å². The molecule has 0 amide bonds. The fourth-order valence-electron chi connectivity index (χ4n) is 3.49. The maximum atomic E-state index is 9.03. The van der Waals surface area contributed by atoms with Crippen molar-refractivity contribution in [2.24, 2.45) is 0 Å². The molecule has 0 fully saturated rings. The van der Waals surface area contributed by atoms with Crippen LogP contribution in [0.15, 0.2) is 42.7 Å². The first-order valence-corrected chi connectivity index (χ1v) is 7.12. The third-order valence-corrected chi connectivity index (χ3v) is 4.40. The van der Waals surface area contributed by atoms with Gasteiger partial charge in [0.1, 0.15) is 0 Å². The molecule has 0 saturated carbocycles. The Hall–Kier alpha value is -2.65. The molecule has 1 aromatic heterocycles. The molecule has 3 nitrogen and oxygen atoms in total. The zero-order chi connectivity index (χ0) is 14.7. The summed E-state index contributed by atoms with van der Waals surface area (Å²) in [6, 6.07) is 14.9. The van der Waals surface area contributed by atoms with Gasteiger partial charge in [-0.2, -0.15) is 10.5 Å². The number of nitriles is 2. The standard InChI is InChI=1S/C18H15N3/c19-10-3-8-18(9-4-11-20)16-6-2-1-5-14(16)15-7-12-21-13-17(15)18/h1-2,5-7,12-13H,3-4,8-9H2. The van der Waals surface area contributed by atoms with Crippen molar-refractivity contribution in [2.75, 3.05) is 0 Å². The van der Waals surface area contributed by atoms with Crippen LogP contribution in [0.25, 0.3) is 11.1 Å². The maximum Gasteiger partial charge on any atom is 0.0622 e. The highest BCUT2D eigenvalue weighted by Gasteiger charge is 2.42. The Morgan fingerprint density at radius 1 is 0.905 bits per heavy atom. The van der Waals surface area contributed by atoms with Crippen molar-refractivity contribution in [3.63, 3.8) is 0 Å². The molecule has 3 heteroatoms. The van der Waals surface area contributed by atoms with Crippen LogP contribution >= 0.6 is 0 Å². The summed E-state index contributed by atoms with van der Waals surface area (Å²) in [7, 11) is 0. The van der Waals surface area contributed by atoms with Crippen molar-refractivity contribution in [3.05, 3.63) is 53.9 Å². The van der Waals surface area contributed by atoms with Gasteiger partial charge in [-0.05, 0) is 41.2 Å². The lowest BCUT2D eigenvalue weighted by atomic mass is 9.72. The molecular weight excluding hydrogens is 258 g/mol. The van der Waals surface area contributed by atoms with Crippen LogP contribution in [0.5, 0.6) is 0 Å². The summed E-state index contributed by atoms with van der Waals surface area (Å²) in [5.74, 6) is 0. The third kappa shape index (κ3) is 1.99. The number of fused-ring (bicyclic) bond motifs is 3. The van der Waals surface area contributed by atoms with E-state index in [2.05, 4.69) is 29.3 Å². The van der Waals surface area contributed by atoms with E-state index in [-0.39, 0.29) is 5.41 Å². The number of nitrogens with zero attached hydrogens (tertiary/aromatic N) is 3. The van der Waals surface area contributed by atoms with Crippen molar-refractivity contribution in [3.8, 4) is 23.3 Å². The van der Waals surface area contributed by atoms with Crippen molar-refractivity contribution >= 4 is 0 Å². The summed E-state index contributed by atoms with van der Waals surface area (Å²) in [5, 5.41) is 18.1. The predicted molar refractivity (Wildman–Crippen MR) is 80.1 cm³/mol. The molecule has 0 radical (unpaired) electrons. The molecule has 0 spiro atoms. The second-order valence-corrected chi connectivity index (χ2v) is 5.37. The Balaban J connectivity index is 2.22. The zero-order valence-corrected chi connectivity index (χ0v) is 11.7. The molecule has 1 aromatic carbocycles. The fourth-order valence-corrected chi connectivity index (χ4v) is 3.49. The van der Waals surface area contributed by atoms with E-state index in [1.807, 2.05) is 24.4 Å². The second kappa shape index (κ2) is 5.38. The Morgan fingerprint density at radius 3 is 2.29 bits per heavy atom. The molecule has 3 rings (SSSR count). The average Bonchev–Trinajstić information content (AvgIpc) is 2.82. The molecule has 21 heavy (non-hydrogen) atoms. The van der Waals surface area contributed by atoms with E-state index in [1.54, 1.807) is 6.20 Å². The van der Waals surface area contributed by atoms with E-state index in [0.717, 1.165) is 18.4 Å². The summed E-state index contributed by atoms with van der Waals surface area (Å²) in [4.78, 5) is 4.28. The number of hydrogen-bond donors (Lipinski definition) is 0. The lowest BCUT2D eigenvalue weighted by Crippen LogP contribution is -2.25. The van der Waals surface area contributed by atoms with E-state index in [9.17, 15) is 0 Å². The van der Waals surface area contributed by atoms with Gasteiger partial charge in [0.15, 0.2) is 0 Å². The Labute approximate surface area is 124 Å². The van der Waals surface area contributed by atoms with Crippen LogP contribution in [-0.2, 0) is 5.41 Å². The highest BCUT2D eigenvalue weighted by atomic mass is 14.6. The summed E-state index contributed by atoms with van der Waals surface area (Å²) in [6.07, 6.45) is 6.15. The van der Waals surface area contributed by atoms with Crippen molar-refractivity contribution in [1.29, 1.82) is 10.5 Å². The summed E-state index contributed by atoms with van der Waals surface area (Å²) >= 11 is 0. The van der Waals surface area contributed by atoms with Gasteiger partial charge < -0.3 is 0 Å². The summed E-state index contributed by atoms with van der Waals surface area (Å²) in [6.45, 7) is 0. The minimum absolute atomic E-state index is 0.244. The van der Waals surface area contributed by atoms with E-state index < -0.39 is 0 Å². The number of aromatic nitrogens is 1. The molecule has 1 aliphatic carbocycles. The zero-order valence-electron chi connectivity index (χ0n) is 11.7. The van der Waals surface area contributed by atoms with Gasteiger partial charge in [-0.3, -0.25) is 4.98 Å². The molecule has 1 aliphatic rings. The van der Waals surface area contributed by atoms with Crippen molar-refractivity contribution in [1.82, 2.24) is 4.98 Å².